The maximum atomic E-state index is 13.3. The lowest BCUT2D eigenvalue weighted by atomic mass is 9.95. The molecule has 4 aliphatic heterocycles. The number of fused-ring (bicyclic) bond motifs is 2. The molecule has 2 aromatic heterocycles. The van der Waals surface area contributed by atoms with Gasteiger partial charge in [-0.3, -0.25) is 48.9 Å². The predicted octanol–water partition coefficient (Wildman–Crippen LogP) is 5.27. The van der Waals surface area contributed by atoms with Gasteiger partial charge in [-0.05, 0) is 117 Å². The molecule has 1 atom stereocenters. The first-order chi connectivity index (χ1) is 33.9. The number of carbonyl (C=O) groups excluding carboxylic acids is 6. The minimum absolute atomic E-state index is 0.0133. The highest BCUT2D eigenvalue weighted by atomic mass is 19.1. The van der Waals surface area contributed by atoms with E-state index in [9.17, 15) is 33.2 Å². The van der Waals surface area contributed by atoms with Crippen molar-refractivity contribution >= 4 is 69.2 Å². The maximum Gasteiger partial charge on any atom is 0.281 e. The van der Waals surface area contributed by atoms with Crippen LogP contribution in [-0.4, -0.2) is 132 Å². The zero-order chi connectivity index (χ0) is 48.5. The molecule has 70 heavy (non-hydrogen) atoms. The van der Waals surface area contributed by atoms with Crippen LogP contribution in [0, 0.1) is 17.2 Å². The number of piperazine rings is 1. The van der Waals surface area contributed by atoms with Gasteiger partial charge in [0.25, 0.3) is 11.8 Å². The molecule has 3 aromatic carbocycles. The molecule has 0 bridgehead atoms. The van der Waals surface area contributed by atoms with Crippen LogP contribution in [0.15, 0.2) is 85.1 Å². The Kier molecular flexibility index (Phi) is 12.9. The second kappa shape index (κ2) is 19.5. The zero-order valence-corrected chi connectivity index (χ0v) is 38.7. The van der Waals surface area contributed by atoms with Gasteiger partial charge in [0, 0.05) is 88.3 Å². The van der Waals surface area contributed by atoms with Gasteiger partial charge in [-0.2, -0.15) is 0 Å². The van der Waals surface area contributed by atoms with Crippen LogP contribution < -0.4 is 35.6 Å². The van der Waals surface area contributed by atoms with Crippen molar-refractivity contribution in [2.24, 2.45) is 11.3 Å². The molecule has 4 fully saturated rings. The molecule has 1 aliphatic carbocycles. The van der Waals surface area contributed by atoms with Crippen LogP contribution in [0.1, 0.15) is 59.4 Å². The summed E-state index contributed by atoms with van der Waals surface area (Å²) in [5.41, 5.74) is 1.70. The number of nitrogens with zero attached hydrogens (tertiary/aromatic N) is 6. The van der Waals surface area contributed by atoms with Gasteiger partial charge in [-0.25, -0.2) is 9.37 Å². The average molecular weight is 953 g/mol. The number of carbonyl (C=O) groups is 6. The van der Waals surface area contributed by atoms with Crippen LogP contribution in [0.25, 0.3) is 10.9 Å². The molecule has 6 amide bonds. The van der Waals surface area contributed by atoms with Crippen molar-refractivity contribution in [2.45, 2.75) is 44.6 Å². The fourth-order valence-electron chi connectivity index (χ4n) is 9.79. The van der Waals surface area contributed by atoms with Gasteiger partial charge in [0.05, 0.1) is 23.9 Å². The van der Waals surface area contributed by atoms with E-state index in [-0.39, 0.29) is 24.1 Å². The quantitative estimate of drug-likeness (QED) is 0.0779. The summed E-state index contributed by atoms with van der Waals surface area (Å²) in [6, 6.07) is 20.4. The predicted molar refractivity (Wildman–Crippen MR) is 257 cm³/mol. The number of rotatable bonds is 15. The zero-order valence-electron chi connectivity index (χ0n) is 38.7. The van der Waals surface area contributed by atoms with Gasteiger partial charge < -0.3 is 35.2 Å². The maximum absolute atomic E-state index is 13.3. The van der Waals surface area contributed by atoms with E-state index in [1.165, 1.54) is 24.3 Å². The van der Waals surface area contributed by atoms with Gasteiger partial charge >= 0.3 is 0 Å². The van der Waals surface area contributed by atoms with Gasteiger partial charge in [-0.15, -0.1) is 0 Å². The van der Waals surface area contributed by atoms with E-state index in [0.717, 1.165) is 92.4 Å². The van der Waals surface area contributed by atoms with Crippen LogP contribution in [-0.2, 0) is 19.2 Å². The monoisotopic (exact) mass is 952 g/mol. The normalized spacial score (nSPS) is 19.4. The summed E-state index contributed by atoms with van der Waals surface area (Å²) in [7, 11) is 1.67. The highest BCUT2D eigenvalue weighted by Crippen LogP contribution is 2.48. The summed E-state index contributed by atoms with van der Waals surface area (Å²) in [5.74, 6) is -0.556. The van der Waals surface area contributed by atoms with E-state index in [0.29, 0.717) is 54.0 Å². The number of hydrogen-bond acceptors (Lipinski definition) is 14. The molecular formula is C51H53FN10O8. The SMILES string of the molecule is COc1cc2c(Oc3ccc(NC(=O)C4(C(=O)Nc5ccc(F)cc5)CC4)cc3)ccnc2cc1N1CCC(CN2CCN(CCNc3ccc4c(n3)C(=O)N(C3CCC(=O)NC3=O)C4=O)CC2)CC1. The topological polar surface area (TPSA) is 208 Å². The molecule has 6 heterocycles. The van der Waals surface area contributed by atoms with Crippen LogP contribution in [0.2, 0.25) is 0 Å². The lowest BCUT2D eigenvalue weighted by Crippen LogP contribution is -2.54. The second-order valence-corrected chi connectivity index (χ2v) is 18.5. The summed E-state index contributed by atoms with van der Waals surface area (Å²) in [4.78, 5) is 93.8. The Hall–Kier alpha value is -7.51. The third-order valence-corrected chi connectivity index (χ3v) is 14.0. The second-order valence-electron chi connectivity index (χ2n) is 18.5. The minimum atomic E-state index is -1.18. The van der Waals surface area contributed by atoms with Gasteiger partial charge in [-0.1, -0.05) is 0 Å². The first-order valence-electron chi connectivity index (χ1n) is 23.7. The van der Waals surface area contributed by atoms with Crippen LogP contribution in [0.3, 0.4) is 0 Å². The number of methoxy groups -OCH3 is 1. The van der Waals surface area contributed by atoms with E-state index in [4.69, 9.17) is 9.47 Å². The number of pyridine rings is 2. The number of piperidine rings is 2. The van der Waals surface area contributed by atoms with Crippen LogP contribution in [0.4, 0.5) is 27.3 Å². The summed E-state index contributed by atoms with van der Waals surface area (Å²) < 4.78 is 25.6. The molecule has 0 spiro atoms. The molecule has 3 saturated heterocycles. The van der Waals surface area contributed by atoms with E-state index in [1.807, 2.05) is 6.07 Å². The van der Waals surface area contributed by atoms with Crippen molar-refractivity contribution < 1.29 is 42.6 Å². The lowest BCUT2D eigenvalue weighted by Gasteiger charge is -2.39. The molecule has 5 aromatic rings. The molecule has 0 radical (unpaired) electrons. The van der Waals surface area contributed by atoms with Crippen LogP contribution >= 0.6 is 0 Å². The van der Waals surface area contributed by atoms with E-state index in [2.05, 4.69) is 52.0 Å². The molecule has 362 valence electrons. The Labute approximate surface area is 402 Å². The van der Waals surface area contributed by atoms with Crippen molar-refractivity contribution in [3.05, 3.63) is 102 Å². The molecule has 5 aliphatic rings. The minimum Gasteiger partial charge on any atom is -0.495 e. The van der Waals surface area contributed by atoms with Gasteiger partial charge in [0.2, 0.25) is 23.6 Å². The summed E-state index contributed by atoms with van der Waals surface area (Å²) >= 11 is 0. The van der Waals surface area contributed by atoms with Gasteiger partial charge in [0.15, 0.2) is 0 Å². The third kappa shape index (κ3) is 9.58. The van der Waals surface area contributed by atoms with Crippen molar-refractivity contribution in [3.63, 3.8) is 0 Å². The number of aromatic nitrogens is 2. The number of hydrogen-bond donors (Lipinski definition) is 4. The van der Waals surface area contributed by atoms with Crippen LogP contribution in [0.5, 0.6) is 17.2 Å². The Balaban J connectivity index is 0.672. The lowest BCUT2D eigenvalue weighted by molar-refractivity contribution is -0.136. The fourth-order valence-corrected chi connectivity index (χ4v) is 9.79. The third-order valence-electron chi connectivity index (χ3n) is 14.0. The number of anilines is 4. The fraction of sp³-hybridized carbons (Fsp3) is 0.373. The van der Waals surface area contributed by atoms with E-state index >= 15 is 0 Å². The Morgan fingerprint density at radius 1 is 0.800 bits per heavy atom. The molecular weight excluding hydrogens is 900 g/mol. The Morgan fingerprint density at radius 3 is 2.16 bits per heavy atom. The largest absolute Gasteiger partial charge is 0.495 e. The Morgan fingerprint density at radius 2 is 1.49 bits per heavy atom. The van der Waals surface area contributed by atoms with Crippen molar-refractivity contribution in [1.29, 1.82) is 0 Å². The molecule has 18 nitrogen and oxygen atoms in total. The smallest absolute Gasteiger partial charge is 0.281 e. The summed E-state index contributed by atoms with van der Waals surface area (Å²) in [5, 5.41) is 11.9. The first kappa shape index (κ1) is 46.2. The van der Waals surface area contributed by atoms with Crippen molar-refractivity contribution in [1.82, 2.24) is 30.0 Å². The molecule has 4 N–H and O–H groups in total. The number of nitrogens with one attached hydrogen (secondary N) is 4. The first-order valence-corrected chi connectivity index (χ1v) is 23.7. The highest BCUT2D eigenvalue weighted by molar-refractivity contribution is 6.23. The molecule has 1 unspecified atom stereocenters. The molecule has 10 rings (SSSR count). The van der Waals surface area contributed by atoms with E-state index < -0.39 is 52.7 Å². The number of ether oxygens (including phenoxy) is 2. The Bertz CT molecular complexity index is 2860. The highest BCUT2D eigenvalue weighted by Gasteiger charge is 2.56. The van der Waals surface area contributed by atoms with Gasteiger partial charge in [0.1, 0.15) is 46.0 Å². The molecule has 19 heteroatoms. The summed E-state index contributed by atoms with van der Waals surface area (Å²) in [6.45, 7) is 8.04. The number of benzene rings is 3. The van der Waals surface area contributed by atoms with Crippen molar-refractivity contribution in [2.75, 3.05) is 86.9 Å². The van der Waals surface area contributed by atoms with Crippen molar-refractivity contribution in [3.8, 4) is 17.2 Å². The average Bonchev–Trinajstić information content (AvgIpc) is 4.15. The van der Waals surface area contributed by atoms with E-state index in [1.54, 1.807) is 55.8 Å². The standard InChI is InChI=1S/C51H53FN10O8/c1-69-42-28-37-38(53-19-14-41(37)70-35-8-6-34(7-9-35)56-50(68)51(17-18-51)49(67)55-33-4-2-32(52)3-5-33)29-40(42)61-21-15-31(16-22-61)30-60-26-24-59(25-27-60)23-20-54-43-12-10-36-45(57-43)48(66)62(47(36)65)39-11-13-44(63)58-46(39)64/h2-10,12,14,19,28-29,31,39H,11,13,15-18,20-27,30H2,1H3,(H,54,57)(H,55,67)(H,56,68)(H,58,63,64). The number of halogens is 1. The number of amides is 6. The summed E-state index contributed by atoms with van der Waals surface area (Å²) in [6.07, 6.45) is 4.82. The number of imide groups is 2. The molecule has 1 saturated carbocycles.